The summed E-state index contributed by atoms with van der Waals surface area (Å²) < 4.78 is 41.0. The second-order valence-electron chi connectivity index (χ2n) is 8.46. The molecule has 1 fully saturated rings. The number of nitrogens with zero attached hydrogens (tertiary/aromatic N) is 5. The summed E-state index contributed by atoms with van der Waals surface area (Å²) in [5, 5.41) is 7.48. The summed E-state index contributed by atoms with van der Waals surface area (Å²) in [5.41, 5.74) is 0.755. The van der Waals surface area contributed by atoms with Crippen molar-refractivity contribution < 1.29 is 22.8 Å². The van der Waals surface area contributed by atoms with Crippen LogP contribution in [-0.4, -0.2) is 74.1 Å². The highest BCUT2D eigenvalue weighted by atomic mass is 19.4. The first kappa shape index (κ1) is 23.5. The van der Waals surface area contributed by atoms with Crippen molar-refractivity contribution in [3.8, 4) is 5.69 Å². The van der Waals surface area contributed by atoms with Gasteiger partial charge in [0.15, 0.2) is 0 Å². The molecule has 186 valence electrons. The highest BCUT2D eigenvalue weighted by molar-refractivity contribution is 5.98. The Morgan fingerprint density at radius 2 is 1.81 bits per heavy atom. The third-order valence-corrected chi connectivity index (χ3v) is 6.05. The molecule has 1 saturated heterocycles. The van der Waals surface area contributed by atoms with E-state index < -0.39 is 17.6 Å². The molecule has 0 bridgehead atoms. The molecule has 2 amide bonds. The molecule has 0 saturated carbocycles. The number of benzene rings is 2. The SMILES string of the molecule is O=C(CN1CCN(C(=O)c2cc3ccccc3[nH]2)CC1)Nc1cc(C(F)(F)F)ccc1-n1cncn1. The quantitative estimate of drug-likeness (QED) is 0.441. The summed E-state index contributed by atoms with van der Waals surface area (Å²) in [5.74, 6) is -0.581. The fraction of sp³-hybridized carbons (Fsp3) is 0.250. The van der Waals surface area contributed by atoms with Gasteiger partial charge < -0.3 is 15.2 Å². The van der Waals surface area contributed by atoms with Crippen LogP contribution in [-0.2, 0) is 11.0 Å². The van der Waals surface area contributed by atoms with Crippen molar-refractivity contribution in [3.05, 3.63) is 72.4 Å². The van der Waals surface area contributed by atoms with E-state index in [0.717, 1.165) is 23.0 Å². The number of amides is 2. The van der Waals surface area contributed by atoms with E-state index in [1.54, 1.807) is 4.90 Å². The van der Waals surface area contributed by atoms with Crippen molar-refractivity contribution in [1.29, 1.82) is 0 Å². The van der Waals surface area contributed by atoms with Crippen LogP contribution in [0.1, 0.15) is 16.1 Å². The van der Waals surface area contributed by atoms with Gasteiger partial charge in [0.2, 0.25) is 5.91 Å². The van der Waals surface area contributed by atoms with Crippen molar-refractivity contribution in [2.24, 2.45) is 0 Å². The number of carbonyl (C=O) groups is 2. The second kappa shape index (κ2) is 9.46. The lowest BCUT2D eigenvalue weighted by molar-refractivity contribution is -0.137. The van der Waals surface area contributed by atoms with Crippen LogP contribution in [0.5, 0.6) is 0 Å². The molecule has 12 heteroatoms. The Morgan fingerprint density at radius 1 is 1.03 bits per heavy atom. The summed E-state index contributed by atoms with van der Waals surface area (Å²) in [6.45, 7) is 1.74. The number of anilines is 1. The molecule has 2 aromatic heterocycles. The van der Waals surface area contributed by atoms with Crippen molar-refractivity contribution in [1.82, 2.24) is 29.5 Å². The van der Waals surface area contributed by atoms with Gasteiger partial charge in [-0.15, -0.1) is 0 Å². The first-order valence-corrected chi connectivity index (χ1v) is 11.2. The number of alkyl halides is 3. The van der Waals surface area contributed by atoms with Gasteiger partial charge >= 0.3 is 6.18 Å². The fourth-order valence-corrected chi connectivity index (χ4v) is 4.21. The molecule has 0 unspecified atom stereocenters. The Hall–Kier alpha value is -4.19. The Kier molecular flexibility index (Phi) is 6.18. The molecule has 1 aliphatic heterocycles. The number of carbonyl (C=O) groups excluding carboxylic acids is 2. The normalized spacial score (nSPS) is 14.8. The van der Waals surface area contributed by atoms with Crippen molar-refractivity contribution >= 4 is 28.4 Å². The van der Waals surface area contributed by atoms with Gasteiger partial charge in [-0.2, -0.15) is 18.3 Å². The van der Waals surface area contributed by atoms with Crippen molar-refractivity contribution in [3.63, 3.8) is 0 Å². The standard InChI is InChI=1S/C24H22F3N7O2/c25-24(26,27)17-5-6-21(34-15-28-14-29-34)19(12-17)31-22(35)13-32-7-9-33(10-8-32)23(36)20-11-16-3-1-2-4-18(16)30-20/h1-6,11-12,14-15,30H,7-10,13H2,(H,31,35). The molecule has 9 nitrogen and oxygen atoms in total. The van der Waals surface area contributed by atoms with E-state index in [1.165, 1.54) is 23.4 Å². The first-order chi connectivity index (χ1) is 17.3. The van der Waals surface area contributed by atoms with Gasteiger partial charge in [0, 0.05) is 37.1 Å². The largest absolute Gasteiger partial charge is 0.416 e. The van der Waals surface area contributed by atoms with Crippen molar-refractivity contribution in [2.75, 3.05) is 38.0 Å². The third kappa shape index (κ3) is 4.93. The van der Waals surface area contributed by atoms with Crippen LogP contribution in [0.2, 0.25) is 0 Å². The van der Waals surface area contributed by atoms with E-state index in [1.807, 2.05) is 35.2 Å². The average Bonchev–Trinajstić information content (AvgIpc) is 3.54. The van der Waals surface area contributed by atoms with E-state index in [0.29, 0.717) is 31.9 Å². The number of hydrogen-bond acceptors (Lipinski definition) is 5. The number of nitrogens with one attached hydrogen (secondary N) is 2. The van der Waals surface area contributed by atoms with E-state index in [2.05, 4.69) is 20.4 Å². The maximum Gasteiger partial charge on any atom is 0.416 e. The minimum absolute atomic E-state index is 0.0204. The second-order valence-corrected chi connectivity index (χ2v) is 8.46. The zero-order valence-corrected chi connectivity index (χ0v) is 19.0. The maximum atomic E-state index is 13.2. The number of H-pyrrole nitrogens is 1. The molecule has 0 radical (unpaired) electrons. The molecule has 0 aliphatic carbocycles. The number of fused-ring (bicyclic) bond motifs is 1. The topological polar surface area (TPSA) is 99.2 Å². The van der Waals surface area contributed by atoms with Gasteiger partial charge in [-0.25, -0.2) is 9.67 Å². The molecule has 3 heterocycles. The summed E-state index contributed by atoms with van der Waals surface area (Å²) >= 11 is 0. The lowest BCUT2D eigenvalue weighted by atomic mass is 10.1. The molecule has 2 aromatic carbocycles. The Bertz CT molecular complexity index is 1360. The predicted molar refractivity (Wildman–Crippen MR) is 126 cm³/mol. The lowest BCUT2D eigenvalue weighted by Gasteiger charge is -2.34. The molecule has 0 spiro atoms. The summed E-state index contributed by atoms with van der Waals surface area (Å²) in [4.78, 5) is 36.1. The zero-order valence-electron chi connectivity index (χ0n) is 19.0. The van der Waals surface area contributed by atoms with Crippen LogP contribution in [0.25, 0.3) is 16.6 Å². The van der Waals surface area contributed by atoms with Gasteiger partial charge in [-0.3, -0.25) is 14.5 Å². The predicted octanol–water partition coefficient (Wildman–Crippen LogP) is 3.16. The molecular formula is C24H22F3N7O2. The van der Waals surface area contributed by atoms with Crippen LogP contribution < -0.4 is 5.32 Å². The van der Waals surface area contributed by atoms with Gasteiger partial charge in [0.05, 0.1) is 23.5 Å². The van der Waals surface area contributed by atoms with Crippen LogP contribution in [0.3, 0.4) is 0 Å². The number of aromatic amines is 1. The van der Waals surface area contributed by atoms with E-state index >= 15 is 0 Å². The number of halogens is 3. The van der Waals surface area contributed by atoms with Crippen molar-refractivity contribution in [2.45, 2.75) is 6.18 Å². The molecule has 0 atom stereocenters. The summed E-state index contributed by atoms with van der Waals surface area (Å²) in [7, 11) is 0. The van der Waals surface area contributed by atoms with Gasteiger partial charge in [0.1, 0.15) is 18.3 Å². The third-order valence-electron chi connectivity index (χ3n) is 6.05. The summed E-state index contributed by atoms with van der Waals surface area (Å²) in [6.07, 6.45) is -1.98. The Labute approximate surface area is 203 Å². The smallest absolute Gasteiger partial charge is 0.351 e. The van der Waals surface area contributed by atoms with Crippen LogP contribution >= 0.6 is 0 Å². The van der Waals surface area contributed by atoms with Crippen LogP contribution in [0.4, 0.5) is 18.9 Å². The average molecular weight is 497 g/mol. The number of piperazine rings is 1. The number of para-hydroxylation sites is 1. The van der Waals surface area contributed by atoms with Gasteiger partial charge in [0.25, 0.3) is 5.91 Å². The molecule has 5 rings (SSSR count). The number of hydrogen-bond donors (Lipinski definition) is 2. The van der Waals surface area contributed by atoms with Gasteiger partial charge in [-0.1, -0.05) is 18.2 Å². The van der Waals surface area contributed by atoms with Gasteiger partial charge in [-0.05, 0) is 30.3 Å². The fourth-order valence-electron chi connectivity index (χ4n) is 4.21. The molecule has 2 N–H and O–H groups in total. The highest BCUT2D eigenvalue weighted by Gasteiger charge is 2.32. The van der Waals surface area contributed by atoms with Crippen LogP contribution in [0, 0.1) is 0 Å². The number of aromatic nitrogens is 4. The Morgan fingerprint density at radius 3 is 2.50 bits per heavy atom. The molecule has 4 aromatic rings. The molecule has 36 heavy (non-hydrogen) atoms. The van der Waals surface area contributed by atoms with E-state index in [9.17, 15) is 22.8 Å². The summed E-state index contributed by atoms with van der Waals surface area (Å²) in [6, 6.07) is 12.5. The monoisotopic (exact) mass is 497 g/mol. The molecular weight excluding hydrogens is 475 g/mol. The van der Waals surface area contributed by atoms with Crippen LogP contribution in [0.15, 0.2) is 61.2 Å². The Balaban J connectivity index is 1.22. The molecule has 1 aliphatic rings. The number of rotatable bonds is 5. The van der Waals surface area contributed by atoms with E-state index in [-0.39, 0.29) is 23.8 Å². The zero-order chi connectivity index (χ0) is 25.3. The van der Waals surface area contributed by atoms with E-state index in [4.69, 9.17) is 0 Å². The minimum atomic E-state index is -4.56. The maximum absolute atomic E-state index is 13.2. The minimum Gasteiger partial charge on any atom is -0.351 e. The highest BCUT2D eigenvalue weighted by Crippen LogP contribution is 2.33. The lowest BCUT2D eigenvalue weighted by Crippen LogP contribution is -2.50. The first-order valence-electron chi connectivity index (χ1n) is 11.2.